The van der Waals surface area contributed by atoms with Crippen LogP contribution in [0.3, 0.4) is 0 Å². The average Bonchev–Trinajstić information content (AvgIpc) is 3.24. The quantitative estimate of drug-likeness (QED) is 0.0749. The zero-order chi connectivity index (χ0) is 45.0. The van der Waals surface area contributed by atoms with E-state index in [9.17, 15) is 39.3 Å². The number of Topliss-reactive ketones (excluding diaryl/α,β-unsaturated/α-hetero) is 2. The smallest absolute Gasteiger partial charge is 0.329 e. The second kappa shape index (κ2) is 24.0. The van der Waals surface area contributed by atoms with Crippen molar-refractivity contribution in [1.29, 1.82) is 0 Å². The summed E-state index contributed by atoms with van der Waals surface area (Å²) in [5.41, 5.74) is 7.31. The van der Waals surface area contributed by atoms with Gasteiger partial charge >= 0.3 is 5.97 Å². The third-order valence-corrected chi connectivity index (χ3v) is 14.6. The number of aliphatic hydroxyl groups excluding tert-OH is 2. The first-order valence-electron chi connectivity index (χ1n) is 22.5. The maximum atomic E-state index is 14.4. The zero-order valence-corrected chi connectivity index (χ0v) is 38.3. The molecule has 346 valence electrons. The minimum Gasteiger partial charge on any atom is -0.456 e. The van der Waals surface area contributed by atoms with Crippen molar-refractivity contribution in [2.24, 2.45) is 41.2 Å². The first kappa shape index (κ1) is 51.1. The molecule has 0 radical (unpaired) electrons. The summed E-state index contributed by atoms with van der Waals surface area (Å²) < 4.78 is 23.9. The first-order chi connectivity index (χ1) is 29.0. The van der Waals surface area contributed by atoms with Crippen LogP contribution in [0.5, 0.6) is 0 Å². The largest absolute Gasteiger partial charge is 0.456 e. The third-order valence-electron chi connectivity index (χ3n) is 13.5. The predicted octanol–water partition coefficient (Wildman–Crippen LogP) is 4.34. The fourth-order valence-corrected chi connectivity index (χ4v) is 10.6. The summed E-state index contributed by atoms with van der Waals surface area (Å²) in [6.45, 7) is 9.71. The number of carbonyl (C=O) groups excluding carboxylic acids is 5. The predicted molar refractivity (Wildman–Crippen MR) is 232 cm³/mol. The van der Waals surface area contributed by atoms with Gasteiger partial charge in [-0.25, -0.2) is 4.79 Å². The molecule has 3 aliphatic heterocycles. The van der Waals surface area contributed by atoms with Gasteiger partial charge < -0.3 is 49.7 Å². The van der Waals surface area contributed by atoms with E-state index in [0.29, 0.717) is 63.5 Å². The minimum absolute atomic E-state index is 0.0239. The maximum absolute atomic E-state index is 14.4. The molecule has 0 aromatic heterocycles. The number of ether oxygens (including phenoxy) is 4. The lowest BCUT2D eigenvalue weighted by atomic mass is 9.78. The van der Waals surface area contributed by atoms with Crippen LogP contribution in [0.1, 0.15) is 112 Å². The molecule has 14 nitrogen and oxygen atoms in total. The van der Waals surface area contributed by atoms with E-state index < -0.39 is 83.7 Å². The first-order valence-corrected chi connectivity index (χ1v) is 23.6. The number of methoxy groups -OCH3 is 2. The van der Waals surface area contributed by atoms with E-state index in [-0.39, 0.29) is 49.5 Å². The summed E-state index contributed by atoms with van der Waals surface area (Å²) in [6, 6.07) is -1.17. The Balaban J connectivity index is 1.78. The highest BCUT2D eigenvalue weighted by molar-refractivity contribution is 7.99. The number of aliphatic hydroxyl groups is 3. The highest BCUT2D eigenvalue weighted by atomic mass is 32.2. The van der Waals surface area contributed by atoms with Gasteiger partial charge in [0.05, 0.1) is 30.5 Å². The zero-order valence-electron chi connectivity index (χ0n) is 37.5. The van der Waals surface area contributed by atoms with Crippen molar-refractivity contribution in [2.45, 2.75) is 160 Å². The van der Waals surface area contributed by atoms with Gasteiger partial charge in [0.2, 0.25) is 5.79 Å². The van der Waals surface area contributed by atoms with Crippen LogP contribution >= 0.6 is 11.8 Å². The second-order valence-corrected chi connectivity index (χ2v) is 19.5. The van der Waals surface area contributed by atoms with E-state index in [1.807, 2.05) is 32.9 Å². The lowest BCUT2D eigenvalue weighted by Crippen LogP contribution is -2.63. The summed E-state index contributed by atoms with van der Waals surface area (Å²) >= 11 is 1.73. The standard InChI is InChI=1S/C46H74N2O12S/c1-27-19-28(2)21-40(58-7)42-34(26-49)23-30(4)46(56,60-42)43(53)44(54)48-16-9-8-12-35(48)45(55)59-41(29(3)22-32-13-14-36(50)39(24-32)57-6)31(5)37(51)25-38(52)33(20-27)11-10-17-61-18-15-47/h20,22,26,28,30-37,39-42,50-51,56H,8-19,21,23-25,47H2,1-7H3/b27-20+,29-22+/t28-,30+,31+,32-,33+,34+,35-,36+,37-,39+,40-,41+,42-,46+/m0/s1. The van der Waals surface area contributed by atoms with Crippen LogP contribution in [-0.2, 0) is 42.9 Å². The SMILES string of the molecule is CO[C@H]1C[C@@H](C)C/C(C)=C/[C@@H](CCCSCCN)C(=O)C[C@H](O)[C@@H](C)[C@@H](/C(C)=C/[C@@H]2CC[C@@H](O)[C@H](OC)C2)OC(=O)[C@@H]2CCCCN2C(=O)C(=O)[C@]2(O)O[C@H]1[C@@H](C=O)C[C@H]2C. The van der Waals surface area contributed by atoms with Crippen molar-refractivity contribution in [3.63, 3.8) is 0 Å². The highest BCUT2D eigenvalue weighted by Gasteiger charge is 2.56. The average molecular weight is 879 g/mol. The number of amides is 1. The third kappa shape index (κ3) is 13.3. The number of fused-ring (bicyclic) bond motifs is 3. The Bertz CT molecular complexity index is 1560. The van der Waals surface area contributed by atoms with Crippen molar-refractivity contribution >= 4 is 41.5 Å². The number of hydrogen-bond acceptors (Lipinski definition) is 14. The molecule has 0 aromatic rings. The normalized spacial score (nSPS) is 39.1. The second-order valence-electron chi connectivity index (χ2n) is 18.3. The molecular formula is C46H74N2O12S. The van der Waals surface area contributed by atoms with Crippen LogP contribution in [0.4, 0.5) is 0 Å². The Morgan fingerprint density at radius 1 is 0.984 bits per heavy atom. The van der Waals surface area contributed by atoms with Gasteiger partial charge in [-0.05, 0) is 108 Å². The molecule has 15 heteroatoms. The van der Waals surface area contributed by atoms with Crippen LogP contribution in [-0.4, -0.2) is 137 Å². The molecule has 3 fully saturated rings. The van der Waals surface area contributed by atoms with Crippen LogP contribution in [0.25, 0.3) is 0 Å². The number of allylic oxidation sites excluding steroid dienone is 3. The molecule has 0 unspecified atom stereocenters. The van der Waals surface area contributed by atoms with E-state index in [1.54, 1.807) is 32.7 Å². The molecule has 4 aliphatic rings. The van der Waals surface area contributed by atoms with Crippen molar-refractivity contribution < 1.29 is 58.2 Å². The monoisotopic (exact) mass is 878 g/mol. The Morgan fingerprint density at radius 2 is 1.70 bits per heavy atom. The topological polar surface area (TPSA) is 212 Å². The van der Waals surface area contributed by atoms with Crippen LogP contribution in [0.15, 0.2) is 23.3 Å². The molecule has 1 amide bonds. The number of carbonyl (C=O) groups is 5. The van der Waals surface area contributed by atoms with Crippen LogP contribution in [0, 0.1) is 35.5 Å². The number of thioether (sulfide) groups is 1. The van der Waals surface area contributed by atoms with E-state index in [1.165, 1.54) is 7.11 Å². The number of nitrogens with two attached hydrogens (primary N) is 1. The van der Waals surface area contributed by atoms with Crippen molar-refractivity contribution in [2.75, 3.05) is 38.8 Å². The number of esters is 1. The Kier molecular flexibility index (Phi) is 20.1. The number of piperidine rings is 1. The Hall–Kier alpha value is -2.50. The summed E-state index contributed by atoms with van der Waals surface area (Å²) in [7, 11) is 3.03. The van der Waals surface area contributed by atoms with Crippen molar-refractivity contribution in [1.82, 2.24) is 4.90 Å². The van der Waals surface area contributed by atoms with Crippen molar-refractivity contribution in [3.05, 3.63) is 23.3 Å². The summed E-state index contributed by atoms with van der Waals surface area (Å²) in [6.07, 6.45) is 4.93. The lowest BCUT2D eigenvalue weighted by Gasteiger charge is -2.46. The molecule has 14 atom stereocenters. The van der Waals surface area contributed by atoms with E-state index in [4.69, 9.17) is 24.7 Å². The van der Waals surface area contributed by atoms with Gasteiger partial charge in [0.25, 0.3) is 11.7 Å². The summed E-state index contributed by atoms with van der Waals surface area (Å²) in [5.74, 6) is -7.14. The lowest BCUT2D eigenvalue weighted by molar-refractivity contribution is -0.287. The van der Waals surface area contributed by atoms with Crippen molar-refractivity contribution in [3.8, 4) is 0 Å². The molecule has 1 aliphatic carbocycles. The van der Waals surface area contributed by atoms with Crippen LogP contribution in [0.2, 0.25) is 0 Å². The number of cyclic esters (lactones) is 1. The van der Waals surface area contributed by atoms with Gasteiger partial charge in [0.1, 0.15) is 24.2 Å². The number of aldehydes is 1. The molecule has 0 spiro atoms. The van der Waals surface area contributed by atoms with Crippen LogP contribution < -0.4 is 5.73 Å². The molecule has 4 rings (SSSR count). The molecule has 1 saturated carbocycles. The van der Waals surface area contributed by atoms with Gasteiger partial charge in [-0.15, -0.1) is 0 Å². The van der Waals surface area contributed by atoms with E-state index in [0.717, 1.165) is 34.7 Å². The fourth-order valence-electron chi connectivity index (χ4n) is 9.89. The minimum atomic E-state index is -2.59. The Labute approximate surface area is 367 Å². The van der Waals surface area contributed by atoms with Gasteiger partial charge in [0.15, 0.2) is 0 Å². The Morgan fingerprint density at radius 3 is 2.38 bits per heavy atom. The summed E-state index contributed by atoms with van der Waals surface area (Å²) in [4.78, 5) is 70.7. The van der Waals surface area contributed by atoms with E-state index >= 15 is 0 Å². The number of hydrogen-bond donors (Lipinski definition) is 4. The van der Waals surface area contributed by atoms with Gasteiger partial charge in [-0.1, -0.05) is 38.5 Å². The van der Waals surface area contributed by atoms with Gasteiger partial charge in [-0.2, -0.15) is 11.8 Å². The van der Waals surface area contributed by atoms with Gasteiger partial charge in [-0.3, -0.25) is 14.4 Å². The van der Waals surface area contributed by atoms with E-state index in [2.05, 4.69) is 0 Å². The highest BCUT2D eigenvalue weighted by Crippen LogP contribution is 2.40. The van der Waals surface area contributed by atoms with Gasteiger partial charge in [0, 0.05) is 63.2 Å². The number of ketones is 2. The summed E-state index contributed by atoms with van der Waals surface area (Å²) in [5, 5.41) is 34.4. The molecule has 0 aromatic carbocycles. The molecule has 2 bridgehead atoms. The molecule has 61 heavy (non-hydrogen) atoms. The molecule has 2 saturated heterocycles. The molecular weight excluding hydrogens is 805 g/mol. The number of rotatable bonds is 11. The number of nitrogens with zero attached hydrogens (tertiary/aromatic N) is 1. The molecule has 5 N–H and O–H groups in total. The fraction of sp³-hybridized carbons (Fsp3) is 0.804. The molecule has 3 heterocycles. The maximum Gasteiger partial charge on any atom is 0.329 e.